The molecule has 0 radical (unpaired) electrons. The van der Waals surface area contributed by atoms with Gasteiger partial charge in [0.1, 0.15) is 11.5 Å². The largest absolute Gasteiger partial charge is 0.459 e. The molecule has 0 aliphatic carbocycles. The first-order valence-corrected chi connectivity index (χ1v) is 9.78. The highest BCUT2D eigenvalue weighted by Crippen LogP contribution is 2.24. The molecular formula is C24H17FN4O4. The molecule has 0 saturated carbocycles. The number of anilines is 3. The van der Waals surface area contributed by atoms with Crippen molar-refractivity contribution >= 4 is 34.8 Å². The average Bonchev–Trinajstić information content (AvgIpc) is 3.37. The Morgan fingerprint density at radius 1 is 0.758 bits per heavy atom. The number of amides is 3. The number of nitrogens with one attached hydrogen (secondary N) is 3. The van der Waals surface area contributed by atoms with E-state index in [2.05, 4.69) is 20.9 Å². The van der Waals surface area contributed by atoms with Gasteiger partial charge in [-0.3, -0.25) is 19.4 Å². The summed E-state index contributed by atoms with van der Waals surface area (Å²) in [6.45, 7) is 0. The van der Waals surface area contributed by atoms with Crippen LogP contribution in [-0.4, -0.2) is 22.7 Å². The monoisotopic (exact) mass is 444 g/mol. The number of carbonyl (C=O) groups is 3. The number of aromatic nitrogens is 1. The molecule has 0 spiro atoms. The minimum Gasteiger partial charge on any atom is -0.459 e. The van der Waals surface area contributed by atoms with Gasteiger partial charge < -0.3 is 20.4 Å². The highest BCUT2D eigenvalue weighted by Gasteiger charge is 2.15. The van der Waals surface area contributed by atoms with Crippen LogP contribution < -0.4 is 16.0 Å². The maximum atomic E-state index is 13.9. The van der Waals surface area contributed by atoms with E-state index in [0.29, 0.717) is 5.69 Å². The average molecular weight is 444 g/mol. The van der Waals surface area contributed by atoms with Crippen LogP contribution in [0.5, 0.6) is 0 Å². The molecule has 2 aromatic heterocycles. The summed E-state index contributed by atoms with van der Waals surface area (Å²) in [5, 5.41) is 7.83. The van der Waals surface area contributed by atoms with Crippen LogP contribution >= 0.6 is 0 Å². The molecule has 0 atom stereocenters. The number of pyridine rings is 1. The molecule has 3 N–H and O–H groups in total. The van der Waals surface area contributed by atoms with E-state index in [9.17, 15) is 18.8 Å². The van der Waals surface area contributed by atoms with Crippen molar-refractivity contribution in [2.75, 3.05) is 16.0 Å². The first kappa shape index (κ1) is 21.4. The zero-order chi connectivity index (χ0) is 23.2. The van der Waals surface area contributed by atoms with E-state index in [-0.39, 0.29) is 28.4 Å². The fourth-order valence-corrected chi connectivity index (χ4v) is 2.95. The number of hydrogen-bond acceptors (Lipinski definition) is 5. The Bertz CT molecular complexity index is 1310. The maximum absolute atomic E-state index is 13.9. The zero-order valence-corrected chi connectivity index (χ0v) is 17.0. The van der Waals surface area contributed by atoms with E-state index in [1.165, 1.54) is 42.8 Å². The second kappa shape index (κ2) is 9.56. The summed E-state index contributed by atoms with van der Waals surface area (Å²) in [5.41, 5.74) is 1.00. The SMILES string of the molecule is O=C(Nc1cc(F)ccc1NC(=O)c1ccccn1)c1cccc(NC(=O)c2ccco2)c1. The van der Waals surface area contributed by atoms with Gasteiger partial charge in [-0.1, -0.05) is 12.1 Å². The van der Waals surface area contributed by atoms with Gasteiger partial charge in [0.25, 0.3) is 17.7 Å². The van der Waals surface area contributed by atoms with Crippen LogP contribution in [0.15, 0.2) is 89.7 Å². The summed E-state index contributed by atoms with van der Waals surface area (Å²) in [6, 6.07) is 17.7. The lowest BCUT2D eigenvalue weighted by atomic mass is 10.1. The smallest absolute Gasteiger partial charge is 0.291 e. The molecule has 4 rings (SSSR count). The molecule has 3 amide bonds. The van der Waals surface area contributed by atoms with Crippen LogP contribution in [0.25, 0.3) is 0 Å². The summed E-state index contributed by atoms with van der Waals surface area (Å²) in [6.07, 6.45) is 2.85. The molecule has 2 aromatic carbocycles. The quantitative estimate of drug-likeness (QED) is 0.403. The number of carbonyl (C=O) groups excluding carboxylic acids is 3. The molecular weight excluding hydrogens is 427 g/mol. The number of furan rings is 1. The van der Waals surface area contributed by atoms with Gasteiger partial charge >= 0.3 is 0 Å². The van der Waals surface area contributed by atoms with Crippen LogP contribution in [0.4, 0.5) is 21.5 Å². The molecule has 0 aliphatic heterocycles. The molecule has 4 aromatic rings. The standard InChI is InChI=1S/C24H17FN4O4/c25-16-9-10-18(28-23(31)19-7-1-2-11-26-19)20(14-16)29-22(30)15-5-3-6-17(13-15)27-24(32)21-8-4-12-33-21/h1-14H,(H,27,32)(H,28,31)(H,29,30). The number of halogens is 1. The van der Waals surface area contributed by atoms with Gasteiger partial charge in [-0.15, -0.1) is 0 Å². The van der Waals surface area contributed by atoms with Crippen molar-refractivity contribution in [2.45, 2.75) is 0 Å². The van der Waals surface area contributed by atoms with Crippen LogP contribution in [0, 0.1) is 5.82 Å². The van der Waals surface area contributed by atoms with E-state index >= 15 is 0 Å². The van der Waals surface area contributed by atoms with Gasteiger partial charge in [0.05, 0.1) is 17.6 Å². The lowest BCUT2D eigenvalue weighted by Gasteiger charge is -2.13. The lowest BCUT2D eigenvalue weighted by molar-refractivity contribution is 0.0992. The van der Waals surface area contributed by atoms with E-state index in [1.54, 1.807) is 30.3 Å². The summed E-state index contributed by atoms with van der Waals surface area (Å²) in [7, 11) is 0. The molecule has 0 bridgehead atoms. The van der Waals surface area contributed by atoms with E-state index in [4.69, 9.17) is 4.42 Å². The maximum Gasteiger partial charge on any atom is 0.291 e. The van der Waals surface area contributed by atoms with Crippen LogP contribution in [-0.2, 0) is 0 Å². The van der Waals surface area contributed by atoms with Gasteiger partial charge in [-0.05, 0) is 60.7 Å². The molecule has 164 valence electrons. The van der Waals surface area contributed by atoms with Crippen molar-refractivity contribution in [1.29, 1.82) is 0 Å². The Labute approximate surface area is 187 Å². The van der Waals surface area contributed by atoms with Crippen LogP contribution in [0.1, 0.15) is 31.4 Å². The van der Waals surface area contributed by atoms with Crippen molar-refractivity contribution < 1.29 is 23.2 Å². The van der Waals surface area contributed by atoms with E-state index in [1.807, 2.05) is 0 Å². The number of benzene rings is 2. The van der Waals surface area contributed by atoms with Crippen molar-refractivity contribution in [1.82, 2.24) is 4.98 Å². The van der Waals surface area contributed by atoms with Gasteiger partial charge in [-0.25, -0.2) is 4.39 Å². The van der Waals surface area contributed by atoms with Crippen molar-refractivity contribution in [3.8, 4) is 0 Å². The highest BCUT2D eigenvalue weighted by atomic mass is 19.1. The third kappa shape index (κ3) is 5.28. The molecule has 8 nitrogen and oxygen atoms in total. The minimum atomic E-state index is -0.597. The fraction of sp³-hybridized carbons (Fsp3) is 0. The van der Waals surface area contributed by atoms with E-state index in [0.717, 1.165) is 12.1 Å². The molecule has 0 saturated heterocycles. The molecule has 0 unspecified atom stereocenters. The third-order valence-corrected chi connectivity index (χ3v) is 4.50. The van der Waals surface area contributed by atoms with Crippen molar-refractivity contribution in [3.05, 3.63) is 108 Å². The number of rotatable bonds is 6. The third-order valence-electron chi connectivity index (χ3n) is 4.50. The Hall–Kier alpha value is -4.79. The first-order valence-electron chi connectivity index (χ1n) is 9.78. The number of hydrogen-bond donors (Lipinski definition) is 3. The van der Waals surface area contributed by atoms with Crippen molar-refractivity contribution in [2.24, 2.45) is 0 Å². The normalized spacial score (nSPS) is 10.3. The van der Waals surface area contributed by atoms with Gasteiger partial charge in [0.2, 0.25) is 0 Å². The predicted molar refractivity (Wildman–Crippen MR) is 120 cm³/mol. The molecule has 0 aliphatic rings. The molecule has 9 heteroatoms. The summed E-state index contributed by atoms with van der Waals surface area (Å²) < 4.78 is 18.9. The Balaban J connectivity index is 1.51. The van der Waals surface area contributed by atoms with Gasteiger partial charge in [0.15, 0.2) is 5.76 Å². The minimum absolute atomic E-state index is 0.0642. The van der Waals surface area contributed by atoms with Crippen molar-refractivity contribution in [3.63, 3.8) is 0 Å². The Morgan fingerprint density at radius 3 is 2.36 bits per heavy atom. The first-order chi connectivity index (χ1) is 16.0. The van der Waals surface area contributed by atoms with Crippen LogP contribution in [0.2, 0.25) is 0 Å². The predicted octanol–water partition coefficient (Wildman–Crippen LogP) is 4.57. The summed E-state index contributed by atoms with van der Waals surface area (Å²) in [4.78, 5) is 41.4. The van der Waals surface area contributed by atoms with Gasteiger partial charge in [0, 0.05) is 17.4 Å². The Morgan fingerprint density at radius 2 is 1.61 bits per heavy atom. The summed E-state index contributed by atoms with van der Waals surface area (Å²) in [5.74, 6) is -2.02. The van der Waals surface area contributed by atoms with E-state index < -0.39 is 23.5 Å². The molecule has 0 fully saturated rings. The second-order valence-corrected chi connectivity index (χ2v) is 6.83. The molecule has 33 heavy (non-hydrogen) atoms. The second-order valence-electron chi connectivity index (χ2n) is 6.83. The Kier molecular flexibility index (Phi) is 6.21. The van der Waals surface area contributed by atoms with Crippen LogP contribution in [0.3, 0.4) is 0 Å². The highest BCUT2D eigenvalue weighted by molar-refractivity contribution is 6.10. The lowest BCUT2D eigenvalue weighted by Crippen LogP contribution is -2.18. The zero-order valence-electron chi connectivity index (χ0n) is 17.0. The van der Waals surface area contributed by atoms with Gasteiger partial charge in [-0.2, -0.15) is 0 Å². The topological polar surface area (TPSA) is 113 Å². The molecule has 2 heterocycles. The number of nitrogens with zero attached hydrogens (tertiary/aromatic N) is 1. The fourth-order valence-electron chi connectivity index (χ4n) is 2.95. The summed E-state index contributed by atoms with van der Waals surface area (Å²) >= 11 is 0.